The van der Waals surface area contributed by atoms with Crippen LogP contribution in [-0.2, 0) is 0 Å². The molecular formula is C2H7NP2. The highest BCUT2D eigenvalue weighted by atomic mass is 31.7. The molecule has 0 bridgehead atoms. The Morgan fingerprint density at radius 1 is 2.00 bits per heavy atom. The van der Waals surface area contributed by atoms with Crippen LogP contribution in [0.5, 0.6) is 0 Å². The largest absolute Gasteiger partial charge is 0.285 e. The summed E-state index contributed by atoms with van der Waals surface area (Å²) in [5.41, 5.74) is 0. The maximum Gasteiger partial charge on any atom is 0.00246 e. The first-order chi connectivity index (χ1) is 2.27. The molecule has 0 fully saturated rings. The van der Waals surface area contributed by atoms with E-state index < -0.39 is 7.00 Å². The highest BCUT2D eigenvalue weighted by molar-refractivity contribution is 7.79. The topological polar surface area (TPSA) is 23.9 Å². The number of hydrogen-bond acceptors (Lipinski definition) is 1. The van der Waals surface area contributed by atoms with Crippen molar-refractivity contribution < 1.29 is 0 Å². The van der Waals surface area contributed by atoms with Gasteiger partial charge in [-0.1, -0.05) is 15.5 Å². The van der Waals surface area contributed by atoms with Crippen molar-refractivity contribution in [3.63, 3.8) is 0 Å². The molecule has 1 atom stereocenters. The first-order valence-corrected chi connectivity index (χ1v) is 4.34. The van der Waals surface area contributed by atoms with Gasteiger partial charge in [-0.05, 0) is 7.00 Å². The van der Waals surface area contributed by atoms with Crippen LogP contribution in [0.1, 0.15) is 6.92 Å². The van der Waals surface area contributed by atoms with E-state index in [9.17, 15) is 0 Å². The molecule has 0 aromatic heterocycles. The van der Waals surface area contributed by atoms with Gasteiger partial charge in [-0.15, -0.1) is 0 Å². The molecule has 0 aliphatic heterocycles. The molecule has 0 aromatic rings. The van der Waals surface area contributed by atoms with Crippen LogP contribution in [0, 0.1) is 5.16 Å². The monoisotopic (exact) mass is 107 g/mol. The Labute approximate surface area is 34.7 Å². The van der Waals surface area contributed by atoms with Crippen LogP contribution in [0.2, 0.25) is 0 Å². The highest BCUT2D eigenvalue weighted by Crippen LogP contribution is 2.09. The summed E-state index contributed by atoms with van der Waals surface area (Å²) in [6, 6.07) is 0. The van der Waals surface area contributed by atoms with Gasteiger partial charge in [0, 0.05) is 6.16 Å². The molecule has 30 valence electrons. The van der Waals surface area contributed by atoms with Gasteiger partial charge < -0.3 is 0 Å². The summed E-state index contributed by atoms with van der Waals surface area (Å²) in [5.74, 6) is 0. The zero-order valence-corrected chi connectivity index (χ0v) is 5.05. The molecule has 3 heteroatoms. The third-order valence-corrected chi connectivity index (χ3v) is 1.90. The summed E-state index contributed by atoms with van der Waals surface area (Å²) < 4.78 is 0. The normalized spacial score (nSPS) is 11.0. The Balaban J connectivity index is 3.23. The predicted octanol–water partition coefficient (Wildman–Crippen LogP) is 2.31. The molecule has 0 heterocycles. The van der Waals surface area contributed by atoms with E-state index in [-0.39, 0.29) is 0 Å². The summed E-state index contributed by atoms with van der Waals surface area (Å²) in [4.78, 5) is 0. The first-order valence-electron chi connectivity index (χ1n) is 1.47. The lowest BCUT2D eigenvalue weighted by Gasteiger charge is -1.66. The van der Waals surface area contributed by atoms with Gasteiger partial charge in [-0.2, -0.15) is 0 Å². The third kappa shape index (κ3) is 4.40. The number of rotatable bonds is 1. The summed E-state index contributed by atoms with van der Waals surface area (Å²) in [5, 5.41) is 6.80. The third-order valence-electron chi connectivity index (χ3n) is 0.316. The summed E-state index contributed by atoms with van der Waals surface area (Å²) in [7, 11) is 2.60. The first kappa shape index (κ1) is 5.40. The molecule has 0 saturated carbocycles. The van der Waals surface area contributed by atoms with Gasteiger partial charge in [-0.3, -0.25) is 5.16 Å². The minimum Gasteiger partial charge on any atom is -0.285 e. The van der Waals surface area contributed by atoms with Crippen molar-refractivity contribution in [2.45, 2.75) is 6.92 Å². The Morgan fingerprint density at radius 2 is 2.20 bits per heavy atom. The van der Waals surface area contributed by atoms with E-state index in [1.807, 2.05) is 6.92 Å². The lowest BCUT2D eigenvalue weighted by atomic mass is 11.0. The Hall–Kier alpha value is 0.400. The van der Waals surface area contributed by atoms with Gasteiger partial charge in [0.05, 0.1) is 0 Å². The van der Waals surface area contributed by atoms with Crippen LogP contribution in [0.25, 0.3) is 0 Å². The molecule has 1 N–H and O–H groups in total. The Bertz CT molecular complexity index is 65.7. The fraction of sp³-hybridized carbons (Fsp3) is 1.00. The number of hydrogen-bond donors (Lipinski definition) is 1. The number of nitrogens with one attached hydrogen (secondary N) is 1. The minimum atomic E-state index is -0.543. The molecule has 1 nitrogen and oxygen atoms in total. The summed E-state index contributed by atoms with van der Waals surface area (Å²) in [6.45, 7) is 1.99. The molecule has 0 saturated heterocycles. The van der Waals surface area contributed by atoms with Crippen molar-refractivity contribution in [1.29, 1.82) is 5.16 Å². The lowest BCUT2D eigenvalue weighted by Crippen LogP contribution is -1.42. The van der Waals surface area contributed by atoms with Crippen LogP contribution in [-0.4, -0.2) is 6.16 Å². The zero-order chi connectivity index (χ0) is 4.28. The van der Waals surface area contributed by atoms with Crippen LogP contribution in [0.15, 0.2) is 0 Å². The molecule has 5 heavy (non-hydrogen) atoms. The lowest BCUT2D eigenvalue weighted by molar-refractivity contribution is 1.49. The SMILES string of the molecule is CCP(=N)=P. The van der Waals surface area contributed by atoms with E-state index in [0.717, 1.165) is 6.16 Å². The molecule has 0 radical (unpaired) electrons. The highest BCUT2D eigenvalue weighted by Gasteiger charge is 1.58. The van der Waals surface area contributed by atoms with E-state index in [4.69, 9.17) is 5.16 Å². The predicted molar refractivity (Wildman–Crippen MR) is 28.5 cm³/mol. The van der Waals surface area contributed by atoms with Gasteiger partial charge >= 0.3 is 0 Å². The molecule has 1 unspecified atom stereocenters. The maximum absolute atomic E-state index is 6.80. The fourth-order valence-electron chi connectivity index (χ4n) is 0. The summed E-state index contributed by atoms with van der Waals surface area (Å²) >= 11 is 0. The van der Waals surface area contributed by atoms with Gasteiger partial charge in [0.25, 0.3) is 0 Å². The van der Waals surface area contributed by atoms with E-state index >= 15 is 0 Å². The molecule has 0 spiro atoms. The van der Waals surface area contributed by atoms with E-state index in [1.54, 1.807) is 0 Å². The molecular weight excluding hydrogens is 100.0 g/mol. The van der Waals surface area contributed by atoms with Gasteiger partial charge in [0.15, 0.2) is 0 Å². The Kier molecular flexibility index (Phi) is 2.84. The van der Waals surface area contributed by atoms with Crippen molar-refractivity contribution >= 4 is 15.5 Å². The van der Waals surface area contributed by atoms with Crippen molar-refractivity contribution in [2.24, 2.45) is 0 Å². The molecule has 0 rings (SSSR count). The molecule has 0 amide bonds. The van der Waals surface area contributed by atoms with Crippen LogP contribution in [0.3, 0.4) is 0 Å². The zero-order valence-electron chi connectivity index (χ0n) is 3.15. The molecule has 0 aliphatic carbocycles. The van der Waals surface area contributed by atoms with Gasteiger partial charge in [0.1, 0.15) is 0 Å². The molecule has 0 aromatic carbocycles. The second-order valence-electron chi connectivity index (χ2n) is 0.744. The average molecular weight is 107 g/mol. The minimum absolute atomic E-state index is 0.543. The van der Waals surface area contributed by atoms with Gasteiger partial charge in [0.2, 0.25) is 0 Å². The van der Waals surface area contributed by atoms with Crippen molar-refractivity contribution in [1.82, 2.24) is 0 Å². The van der Waals surface area contributed by atoms with Crippen LogP contribution in [0.4, 0.5) is 0 Å². The Morgan fingerprint density at radius 3 is 2.20 bits per heavy atom. The van der Waals surface area contributed by atoms with Crippen molar-refractivity contribution in [2.75, 3.05) is 6.16 Å². The van der Waals surface area contributed by atoms with Crippen LogP contribution < -0.4 is 0 Å². The van der Waals surface area contributed by atoms with Gasteiger partial charge in [-0.25, -0.2) is 0 Å². The van der Waals surface area contributed by atoms with E-state index in [2.05, 4.69) is 8.53 Å². The van der Waals surface area contributed by atoms with Crippen LogP contribution >= 0.6 is 15.5 Å². The van der Waals surface area contributed by atoms with E-state index in [0.29, 0.717) is 0 Å². The quantitative estimate of drug-likeness (QED) is 0.497. The standard InChI is InChI=1S/C2H7NP2/c1-2-5(3)4/h3-4H,2H2,1H3. The second-order valence-corrected chi connectivity index (χ2v) is 3.85. The maximum atomic E-state index is 6.80. The second kappa shape index (κ2) is 2.63. The molecule has 0 aliphatic rings. The fourth-order valence-corrected chi connectivity index (χ4v) is 0. The van der Waals surface area contributed by atoms with Crippen molar-refractivity contribution in [3.8, 4) is 0 Å². The van der Waals surface area contributed by atoms with Crippen molar-refractivity contribution in [3.05, 3.63) is 0 Å². The smallest absolute Gasteiger partial charge is 0.00246 e. The summed E-state index contributed by atoms with van der Waals surface area (Å²) in [6.07, 6.45) is 0.951. The van der Waals surface area contributed by atoms with E-state index in [1.165, 1.54) is 0 Å². The average Bonchev–Trinajstić information content (AvgIpc) is 1.38.